The number of carbonyl (C=O) groups is 3. The van der Waals surface area contributed by atoms with Crippen LogP contribution in [0.25, 0.3) is 12.2 Å². The van der Waals surface area contributed by atoms with E-state index >= 15 is 0 Å². The Bertz CT molecular complexity index is 2680. The molecule has 3 aliphatic rings. The van der Waals surface area contributed by atoms with E-state index in [2.05, 4.69) is 48.6 Å². The molecule has 0 saturated carbocycles. The lowest BCUT2D eigenvalue weighted by atomic mass is 9.93. The second-order valence-corrected chi connectivity index (χ2v) is 20.1. The molecule has 3 aliphatic heterocycles. The third-order valence-corrected chi connectivity index (χ3v) is 14.4. The van der Waals surface area contributed by atoms with Gasteiger partial charge in [-0.1, -0.05) is 108 Å². The fourth-order valence-corrected chi connectivity index (χ4v) is 9.68. The first-order valence-electron chi connectivity index (χ1n) is 24.0. The molecule has 2 fully saturated rings. The van der Waals surface area contributed by atoms with Gasteiger partial charge in [-0.3, -0.25) is 24.2 Å². The van der Waals surface area contributed by atoms with Crippen molar-refractivity contribution in [1.29, 1.82) is 0 Å². The smallest absolute Gasteiger partial charge is 0.270 e. The summed E-state index contributed by atoms with van der Waals surface area (Å²) in [6, 6.07) is 27.3. The zero-order valence-electron chi connectivity index (χ0n) is 39.3. The van der Waals surface area contributed by atoms with Gasteiger partial charge in [0.25, 0.3) is 5.91 Å². The van der Waals surface area contributed by atoms with Crippen molar-refractivity contribution in [3.05, 3.63) is 162 Å². The lowest BCUT2D eigenvalue weighted by Crippen LogP contribution is -2.54. The number of hydrogen-bond donors (Lipinski definition) is 4. The number of likely N-dealkylation sites (tertiary alicyclic amines) is 2. The molecule has 0 aliphatic carbocycles. The average molecular weight is 1040 g/mol. The van der Waals surface area contributed by atoms with Gasteiger partial charge in [-0.25, -0.2) is 9.97 Å². The lowest BCUT2D eigenvalue weighted by Gasteiger charge is -2.39. The van der Waals surface area contributed by atoms with E-state index in [-0.39, 0.29) is 49.0 Å². The van der Waals surface area contributed by atoms with Gasteiger partial charge in [0.05, 0.1) is 44.9 Å². The summed E-state index contributed by atoms with van der Waals surface area (Å²) in [5.41, 5.74) is 12.5. The molecule has 13 nitrogen and oxygen atoms in total. The van der Waals surface area contributed by atoms with Crippen LogP contribution in [0.5, 0.6) is 5.75 Å². The maximum absolute atomic E-state index is 13.9. The van der Waals surface area contributed by atoms with Gasteiger partial charge in [-0.15, -0.1) is 0 Å². The molecule has 5 aromatic rings. The summed E-state index contributed by atoms with van der Waals surface area (Å²) in [4.78, 5) is 55.2. The lowest BCUT2D eigenvalue weighted by molar-refractivity contribution is -0.132. The van der Waals surface area contributed by atoms with Gasteiger partial charge < -0.3 is 31.1 Å². The molecule has 2 amide bonds. The highest BCUT2D eigenvalue weighted by Crippen LogP contribution is 2.29. The van der Waals surface area contributed by atoms with Gasteiger partial charge in [0.1, 0.15) is 23.6 Å². The molecule has 2 atom stereocenters. The SMILES string of the molecule is NC(Cc1ccc(OCCCCCCN2CC(Nc3cc(C(=O)NCC(O)CN4CCc5ccccc5C4)ncn3)C2)cc1)C(=O)N1CC(=Cc2ccc(Cl)c(Cl)c2)C(=O)C(=Cc2ccc(Cl)c(Cl)c2)C1. The molecule has 372 valence electrons. The predicted molar refractivity (Wildman–Crippen MR) is 282 cm³/mol. The minimum atomic E-state index is -0.848. The minimum absolute atomic E-state index is 0.0771. The van der Waals surface area contributed by atoms with Crippen molar-refractivity contribution in [3.8, 4) is 5.75 Å². The van der Waals surface area contributed by atoms with Crippen LogP contribution in [0.4, 0.5) is 5.82 Å². The third-order valence-electron chi connectivity index (χ3n) is 12.9. The van der Waals surface area contributed by atoms with Crippen LogP contribution in [0.1, 0.15) is 64.0 Å². The second kappa shape index (κ2) is 24.9. The summed E-state index contributed by atoms with van der Waals surface area (Å²) in [5, 5.41) is 18.4. The highest BCUT2D eigenvalue weighted by atomic mass is 35.5. The number of halogens is 4. The van der Waals surface area contributed by atoms with Crippen LogP contribution >= 0.6 is 46.4 Å². The molecule has 0 spiro atoms. The topological polar surface area (TPSA) is 166 Å². The van der Waals surface area contributed by atoms with Gasteiger partial charge in [0.2, 0.25) is 5.91 Å². The van der Waals surface area contributed by atoms with E-state index in [9.17, 15) is 19.5 Å². The molecule has 0 bridgehead atoms. The fourth-order valence-electron chi connectivity index (χ4n) is 9.07. The number of Topliss-reactive ketones (excluding diaryl/α,β-unsaturated/α-hetero) is 1. The number of aliphatic hydroxyl groups excluding tert-OH is 1. The first-order chi connectivity index (χ1) is 34.3. The number of unbranched alkanes of at least 4 members (excludes halogenated alkanes) is 3. The van der Waals surface area contributed by atoms with Crippen LogP contribution in [0, 0.1) is 0 Å². The molecule has 71 heavy (non-hydrogen) atoms. The molecule has 17 heteroatoms. The Hall–Kier alpha value is -5.35. The summed E-state index contributed by atoms with van der Waals surface area (Å²) < 4.78 is 6.03. The first-order valence-corrected chi connectivity index (χ1v) is 25.5. The van der Waals surface area contributed by atoms with E-state index in [1.54, 1.807) is 59.5 Å². The van der Waals surface area contributed by atoms with E-state index < -0.39 is 12.1 Å². The van der Waals surface area contributed by atoms with Gasteiger partial charge in [0, 0.05) is 69.6 Å². The van der Waals surface area contributed by atoms with Crippen LogP contribution in [0.3, 0.4) is 0 Å². The summed E-state index contributed by atoms with van der Waals surface area (Å²) in [7, 11) is 0. The number of amides is 2. The van der Waals surface area contributed by atoms with Crippen molar-refractivity contribution in [2.24, 2.45) is 5.73 Å². The standard InChI is InChI=1S/C54H58Cl4N8O5/c55-45-15-11-36(23-47(45)57)21-40-29-66(30-41(52(40)68)22-37-12-16-46(56)48(58)24-37)54(70)49(59)25-35-9-13-44(14-10-35)71-20-6-2-1-5-18-64-31-42(32-64)63-51-26-50(61-34-62-51)53(69)60-27-43(67)33-65-19-17-38-7-3-4-8-39(38)28-65/h3-4,7-16,21-24,26,34,42-43,49,67H,1-2,5-6,17-20,25,27-33,59H2,(H,60,69)(H,61,62,63). The Morgan fingerprint density at radius 1 is 0.789 bits per heavy atom. The van der Waals surface area contributed by atoms with Gasteiger partial charge in [-0.05, 0) is 109 Å². The quantitative estimate of drug-likeness (QED) is 0.0437. The van der Waals surface area contributed by atoms with Crippen molar-refractivity contribution >= 4 is 82.0 Å². The second-order valence-electron chi connectivity index (χ2n) is 18.4. The zero-order valence-corrected chi connectivity index (χ0v) is 42.4. The van der Waals surface area contributed by atoms with Crippen LogP contribution in [0.2, 0.25) is 20.1 Å². The van der Waals surface area contributed by atoms with Crippen molar-refractivity contribution in [2.75, 3.05) is 64.3 Å². The maximum Gasteiger partial charge on any atom is 0.270 e. The van der Waals surface area contributed by atoms with Crippen molar-refractivity contribution in [2.45, 2.75) is 63.3 Å². The van der Waals surface area contributed by atoms with Crippen LogP contribution in [-0.2, 0) is 29.0 Å². The van der Waals surface area contributed by atoms with Crippen LogP contribution in [0.15, 0.2) is 108 Å². The number of aromatic nitrogens is 2. The van der Waals surface area contributed by atoms with E-state index in [1.807, 2.05) is 30.3 Å². The molecule has 2 unspecified atom stereocenters. The van der Waals surface area contributed by atoms with E-state index in [1.165, 1.54) is 17.5 Å². The molecule has 4 heterocycles. The van der Waals surface area contributed by atoms with Crippen molar-refractivity contribution in [1.82, 2.24) is 30.0 Å². The van der Waals surface area contributed by atoms with E-state index in [4.69, 9.17) is 56.9 Å². The molecule has 5 N–H and O–H groups in total. The predicted octanol–water partition coefficient (Wildman–Crippen LogP) is 8.42. The Morgan fingerprint density at radius 3 is 2.13 bits per heavy atom. The van der Waals surface area contributed by atoms with Crippen molar-refractivity contribution < 1.29 is 24.2 Å². The Labute approximate surface area is 435 Å². The normalized spacial score (nSPS) is 17.4. The number of fused-ring (bicyclic) bond motifs is 1. The number of ether oxygens (including phenoxy) is 1. The number of carbonyl (C=O) groups excluding carboxylic acids is 3. The van der Waals surface area contributed by atoms with Gasteiger partial charge in [0.15, 0.2) is 5.78 Å². The number of anilines is 1. The first kappa shape index (κ1) is 52.0. The summed E-state index contributed by atoms with van der Waals surface area (Å²) >= 11 is 24.8. The Balaban J connectivity index is 0.709. The molecule has 1 aromatic heterocycles. The molecule has 8 rings (SSSR count). The number of nitrogens with one attached hydrogen (secondary N) is 2. The summed E-state index contributed by atoms with van der Waals surface area (Å²) in [5.74, 6) is 0.541. The number of piperidine rings is 1. The van der Waals surface area contributed by atoms with Crippen LogP contribution < -0.4 is 21.1 Å². The Morgan fingerprint density at radius 2 is 1.45 bits per heavy atom. The number of nitrogens with two attached hydrogens (primary N) is 1. The largest absolute Gasteiger partial charge is 0.494 e. The number of aliphatic hydroxyl groups is 1. The molecular formula is C54H58Cl4N8O5. The molecule has 2 saturated heterocycles. The molecule has 4 aromatic carbocycles. The highest BCUT2D eigenvalue weighted by molar-refractivity contribution is 6.42. The number of benzene rings is 4. The number of β-amino-alcohol motifs (C(OH)–C–C–N with tert-alkyl or cyclic N) is 1. The number of ketones is 1. The minimum Gasteiger partial charge on any atom is -0.494 e. The van der Waals surface area contributed by atoms with Gasteiger partial charge in [-0.2, -0.15) is 0 Å². The third kappa shape index (κ3) is 14.6. The Kier molecular flexibility index (Phi) is 18.2. The number of nitrogens with zero attached hydrogens (tertiary/aromatic N) is 5. The van der Waals surface area contributed by atoms with Crippen LogP contribution in [-0.4, -0.2) is 125 Å². The van der Waals surface area contributed by atoms with E-state index in [0.717, 1.165) is 76.1 Å². The average Bonchev–Trinajstić information content (AvgIpc) is 3.35. The highest BCUT2D eigenvalue weighted by Gasteiger charge is 2.32. The zero-order chi connectivity index (χ0) is 49.9. The summed E-state index contributed by atoms with van der Waals surface area (Å²) in [6.45, 7) is 5.88. The molecular weight excluding hydrogens is 982 g/mol. The van der Waals surface area contributed by atoms with E-state index in [0.29, 0.717) is 67.8 Å². The van der Waals surface area contributed by atoms with Crippen molar-refractivity contribution in [3.63, 3.8) is 0 Å². The van der Waals surface area contributed by atoms with Gasteiger partial charge >= 0.3 is 0 Å². The molecule has 0 radical (unpaired) electrons. The number of hydrogen-bond acceptors (Lipinski definition) is 11. The summed E-state index contributed by atoms with van der Waals surface area (Å²) in [6.07, 6.45) is 9.57. The monoisotopic (exact) mass is 1040 g/mol. The maximum atomic E-state index is 13.9. The number of rotatable bonds is 20. The fraction of sp³-hybridized carbons (Fsp3) is 0.352.